The summed E-state index contributed by atoms with van der Waals surface area (Å²) >= 11 is 0. The van der Waals surface area contributed by atoms with Gasteiger partial charge in [-0.1, -0.05) is 36.4 Å². The first kappa shape index (κ1) is 14.2. The van der Waals surface area contributed by atoms with Gasteiger partial charge >= 0.3 is 0 Å². The molecule has 4 heteroatoms. The predicted molar refractivity (Wildman–Crippen MR) is 77.9 cm³/mol. The van der Waals surface area contributed by atoms with E-state index in [1.807, 2.05) is 31.2 Å². The molecule has 0 aliphatic heterocycles. The zero-order chi connectivity index (χ0) is 14.4. The molecule has 0 aromatic heterocycles. The molecule has 2 aromatic rings. The van der Waals surface area contributed by atoms with Gasteiger partial charge in [-0.2, -0.15) is 0 Å². The largest absolute Gasteiger partial charge is 0.322 e. The second-order valence-corrected chi connectivity index (χ2v) is 4.56. The molecular weight excluding hydrogens is 255 g/mol. The molecule has 0 unspecified atom stereocenters. The van der Waals surface area contributed by atoms with Gasteiger partial charge in [0, 0.05) is 6.54 Å². The van der Waals surface area contributed by atoms with Gasteiger partial charge in [-0.05, 0) is 30.2 Å². The minimum absolute atomic E-state index is 0.142. The van der Waals surface area contributed by atoms with Crippen LogP contribution in [0.4, 0.5) is 10.1 Å². The maximum absolute atomic E-state index is 13.4. The number of halogens is 1. The third kappa shape index (κ3) is 3.90. The summed E-state index contributed by atoms with van der Waals surface area (Å²) in [6, 6.07) is 14.1. The van der Waals surface area contributed by atoms with Crippen molar-refractivity contribution in [1.29, 1.82) is 0 Å². The minimum Gasteiger partial charge on any atom is -0.322 e. The van der Waals surface area contributed by atoms with Crippen molar-refractivity contribution < 1.29 is 9.18 Å². The van der Waals surface area contributed by atoms with Gasteiger partial charge in [0.05, 0.1) is 12.2 Å². The topological polar surface area (TPSA) is 41.1 Å². The first-order chi connectivity index (χ1) is 9.66. The van der Waals surface area contributed by atoms with Crippen LogP contribution in [0.3, 0.4) is 0 Å². The van der Waals surface area contributed by atoms with Crippen LogP contribution in [0.25, 0.3) is 0 Å². The zero-order valence-corrected chi connectivity index (χ0v) is 11.3. The third-order valence-corrected chi connectivity index (χ3v) is 3.01. The fourth-order valence-corrected chi connectivity index (χ4v) is 1.88. The summed E-state index contributed by atoms with van der Waals surface area (Å²) in [5.74, 6) is -0.691. The van der Waals surface area contributed by atoms with E-state index in [1.54, 1.807) is 12.1 Å². The molecule has 3 nitrogen and oxygen atoms in total. The molecule has 1 amide bonds. The minimum atomic E-state index is -0.431. The third-order valence-electron chi connectivity index (χ3n) is 3.01. The lowest BCUT2D eigenvalue weighted by atomic mass is 10.1. The van der Waals surface area contributed by atoms with Gasteiger partial charge in [-0.25, -0.2) is 4.39 Å². The number of rotatable bonds is 5. The van der Waals surface area contributed by atoms with Crippen molar-refractivity contribution in [3.8, 4) is 0 Å². The second-order valence-electron chi connectivity index (χ2n) is 4.56. The Hall–Kier alpha value is -2.20. The van der Waals surface area contributed by atoms with Gasteiger partial charge in [-0.3, -0.25) is 4.79 Å². The van der Waals surface area contributed by atoms with Crippen molar-refractivity contribution in [2.75, 3.05) is 11.9 Å². The summed E-state index contributed by atoms with van der Waals surface area (Å²) in [5.41, 5.74) is 2.52. The Morgan fingerprint density at radius 2 is 1.80 bits per heavy atom. The molecule has 0 saturated heterocycles. The van der Waals surface area contributed by atoms with E-state index < -0.39 is 5.82 Å². The van der Waals surface area contributed by atoms with Gasteiger partial charge in [0.2, 0.25) is 5.91 Å². The van der Waals surface area contributed by atoms with E-state index in [-0.39, 0.29) is 18.1 Å². The second kappa shape index (κ2) is 6.82. The van der Waals surface area contributed by atoms with Crippen molar-refractivity contribution in [3.05, 3.63) is 65.5 Å². The zero-order valence-electron chi connectivity index (χ0n) is 11.3. The van der Waals surface area contributed by atoms with Crippen LogP contribution in [0.15, 0.2) is 48.5 Å². The number of benzene rings is 2. The van der Waals surface area contributed by atoms with E-state index in [1.165, 1.54) is 17.7 Å². The molecule has 2 rings (SSSR count). The Morgan fingerprint density at radius 1 is 1.10 bits per heavy atom. The molecule has 104 valence electrons. The maximum Gasteiger partial charge on any atom is 0.238 e. The number of carbonyl (C=O) groups is 1. The summed E-state index contributed by atoms with van der Waals surface area (Å²) in [4.78, 5) is 11.7. The van der Waals surface area contributed by atoms with E-state index in [0.29, 0.717) is 6.54 Å². The Bertz CT molecular complexity index is 599. The molecule has 0 bridgehead atoms. The summed E-state index contributed by atoms with van der Waals surface area (Å²) in [7, 11) is 0. The lowest BCUT2D eigenvalue weighted by Crippen LogP contribution is -2.28. The van der Waals surface area contributed by atoms with Crippen molar-refractivity contribution in [3.63, 3.8) is 0 Å². The average molecular weight is 272 g/mol. The van der Waals surface area contributed by atoms with Crippen LogP contribution in [-0.4, -0.2) is 12.5 Å². The van der Waals surface area contributed by atoms with Crippen LogP contribution < -0.4 is 10.6 Å². The Labute approximate surface area is 117 Å². The van der Waals surface area contributed by atoms with E-state index >= 15 is 0 Å². The Balaban J connectivity index is 1.82. The highest BCUT2D eigenvalue weighted by Gasteiger charge is 2.06. The molecule has 2 N–H and O–H groups in total. The van der Waals surface area contributed by atoms with Crippen molar-refractivity contribution in [1.82, 2.24) is 5.32 Å². The normalized spacial score (nSPS) is 10.3. The first-order valence-corrected chi connectivity index (χ1v) is 6.46. The van der Waals surface area contributed by atoms with Crippen LogP contribution in [0, 0.1) is 12.7 Å². The molecule has 0 atom stereocenters. The number of carbonyl (C=O) groups excluding carboxylic acids is 1. The van der Waals surface area contributed by atoms with Crippen molar-refractivity contribution in [2.45, 2.75) is 13.5 Å². The molecule has 0 radical (unpaired) electrons. The lowest BCUT2D eigenvalue weighted by Gasteiger charge is -2.09. The predicted octanol–water partition coefficient (Wildman–Crippen LogP) is 2.86. The highest BCUT2D eigenvalue weighted by molar-refractivity contribution is 5.92. The van der Waals surface area contributed by atoms with Gasteiger partial charge in [0.25, 0.3) is 0 Å². The number of para-hydroxylation sites is 1. The maximum atomic E-state index is 13.4. The van der Waals surface area contributed by atoms with Gasteiger partial charge in [0.15, 0.2) is 0 Å². The molecule has 20 heavy (non-hydrogen) atoms. The smallest absolute Gasteiger partial charge is 0.238 e. The van der Waals surface area contributed by atoms with E-state index in [9.17, 15) is 9.18 Å². The molecule has 2 aromatic carbocycles. The van der Waals surface area contributed by atoms with Crippen molar-refractivity contribution in [2.24, 2.45) is 0 Å². The summed E-state index contributed by atoms with van der Waals surface area (Å²) in [6.07, 6.45) is 0. The average Bonchev–Trinajstić information content (AvgIpc) is 2.43. The lowest BCUT2D eigenvalue weighted by molar-refractivity contribution is -0.115. The fraction of sp³-hybridized carbons (Fsp3) is 0.188. The standard InChI is InChI=1S/C16H17FN2O/c1-12-6-2-3-7-13(12)10-18-11-16(20)19-15-9-5-4-8-14(15)17/h2-9,18H,10-11H2,1H3,(H,19,20). The van der Waals surface area contributed by atoms with E-state index in [0.717, 1.165) is 5.56 Å². The summed E-state index contributed by atoms with van der Waals surface area (Å²) < 4.78 is 13.4. The van der Waals surface area contributed by atoms with Crippen LogP contribution in [-0.2, 0) is 11.3 Å². The molecular formula is C16H17FN2O. The van der Waals surface area contributed by atoms with Gasteiger partial charge in [0.1, 0.15) is 5.82 Å². The van der Waals surface area contributed by atoms with Crippen molar-refractivity contribution >= 4 is 11.6 Å². The highest BCUT2D eigenvalue weighted by Crippen LogP contribution is 2.11. The van der Waals surface area contributed by atoms with Crippen LogP contribution >= 0.6 is 0 Å². The van der Waals surface area contributed by atoms with E-state index in [4.69, 9.17) is 0 Å². The number of nitrogens with one attached hydrogen (secondary N) is 2. The number of hydrogen-bond donors (Lipinski definition) is 2. The fourth-order valence-electron chi connectivity index (χ4n) is 1.88. The quantitative estimate of drug-likeness (QED) is 0.878. The molecule has 0 aliphatic rings. The van der Waals surface area contributed by atoms with Gasteiger partial charge < -0.3 is 10.6 Å². The molecule has 0 aliphatic carbocycles. The summed E-state index contributed by atoms with van der Waals surface area (Å²) in [5, 5.41) is 5.58. The molecule has 0 spiro atoms. The Kier molecular flexibility index (Phi) is 4.85. The number of hydrogen-bond acceptors (Lipinski definition) is 2. The van der Waals surface area contributed by atoms with Crippen LogP contribution in [0.5, 0.6) is 0 Å². The first-order valence-electron chi connectivity index (χ1n) is 6.46. The molecule has 0 saturated carbocycles. The monoisotopic (exact) mass is 272 g/mol. The SMILES string of the molecule is Cc1ccccc1CNCC(=O)Nc1ccccc1F. The number of anilines is 1. The van der Waals surface area contributed by atoms with Crippen LogP contribution in [0.1, 0.15) is 11.1 Å². The summed E-state index contributed by atoms with van der Waals surface area (Å²) in [6.45, 7) is 2.77. The molecule has 0 heterocycles. The molecule has 0 fully saturated rings. The number of amides is 1. The number of aryl methyl sites for hydroxylation is 1. The van der Waals surface area contributed by atoms with Crippen LogP contribution in [0.2, 0.25) is 0 Å². The van der Waals surface area contributed by atoms with E-state index in [2.05, 4.69) is 10.6 Å². The van der Waals surface area contributed by atoms with Gasteiger partial charge in [-0.15, -0.1) is 0 Å². The highest BCUT2D eigenvalue weighted by atomic mass is 19.1. The Morgan fingerprint density at radius 3 is 2.55 bits per heavy atom.